The Hall–Kier alpha value is -3.86. The molecule has 4 N–H and O–H groups in total. The normalized spacial score (nSPS) is 12.5. The number of ether oxygens (including phenoxy) is 2. The summed E-state index contributed by atoms with van der Waals surface area (Å²) < 4.78 is 60.9. The molecular formula is C43H69N3O15P2. The van der Waals surface area contributed by atoms with Crippen LogP contribution in [0.3, 0.4) is 0 Å². The third kappa shape index (κ3) is 20.2. The highest BCUT2D eigenvalue weighted by Crippen LogP contribution is 2.69. The van der Waals surface area contributed by atoms with Crippen LogP contribution in [0.25, 0.3) is 0 Å². The van der Waals surface area contributed by atoms with Crippen molar-refractivity contribution >= 4 is 39.0 Å². The van der Waals surface area contributed by atoms with E-state index in [4.69, 9.17) is 27.6 Å². The number of carboxylic acid groups (broad SMARTS) is 1. The van der Waals surface area contributed by atoms with Crippen molar-refractivity contribution in [3.8, 4) is 11.5 Å². The first-order valence-electron chi connectivity index (χ1n) is 21.1. The number of aryl methyl sites for hydroxylation is 2. The highest BCUT2D eigenvalue weighted by atomic mass is 31.2. The highest BCUT2D eigenvalue weighted by Gasteiger charge is 2.52. The number of benzene rings is 2. The number of rotatable bonds is 28. The maximum Gasteiger partial charge on any atom is 0.365 e. The Balaban J connectivity index is 2.43. The number of hydrogen-bond donors (Lipinski definition) is 4. The molecule has 2 rings (SSSR count). The Bertz CT molecular complexity index is 1860. The van der Waals surface area contributed by atoms with Gasteiger partial charge in [-0.2, -0.15) is 0 Å². The average molecular weight is 930 g/mol. The van der Waals surface area contributed by atoms with E-state index in [2.05, 4.69) is 5.32 Å². The molecule has 2 aromatic rings. The zero-order valence-electron chi connectivity index (χ0n) is 38.5. The second kappa shape index (κ2) is 25.6. The second-order valence-electron chi connectivity index (χ2n) is 16.6. The first-order chi connectivity index (χ1) is 29.3. The van der Waals surface area contributed by atoms with Crippen LogP contribution in [0.1, 0.15) is 104 Å². The summed E-state index contributed by atoms with van der Waals surface area (Å²) in [6.45, 7) is 16.5. The predicted octanol–water partition coefficient (Wildman–Crippen LogP) is 6.97. The fourth-order valence-electron chi connectivity index (χ4n) is 6.28. The first kappa shape index (κ1) is 55.3. The Morgan fingerprint density at radius 3 is 1.33 bits per heavy atom. The van der Waals surface area contributed by atoms with Crippen LogP contribution in [-0.2, 0) is 81.8 Å². The van der Waals surface area contributed by atoms with E-state index >= 15 is 0 Å². The highest BCUT2D eigenvalue weighted by molar-refractivity contribution is 7.72. The lowest BCUT2D eigenvalue weighted by Gasteiger charge is -2.31. The number of aliphatic carboxylic acids is 1. The van der Waals surface area contributed by atoms with Gasteiger partial charge >= 0.3 is 33.1 Å². The van der Waals surface area contributed by atoms with Crippen LogP contribution >= 0.6 is 15.2 Å². The number of phenols is 2. The summed E-state index contributed by atoms with van der Waals surface area (Å²) in [4.78, 5) is 54.5. The van der Waals surface area contributed by atoms with Crippen LogP contribution < -0.4 is 5.32 Å². The molecular weight excluding hydrogens is 860 g/mol. The SMILES string of the molecule is CCOP(=O)(OCC)C(NC(=O)CCc1ccc(O)c(CN(CCN(CC(=O)OC(C)(C)C)Cc2cc(CCC(=O)O)ccc2O)CC(=O)OC(C)(C)C)c1)P(=O)(OCC)OCC. The van der Waals surface area contributed by atoms with Gasteiger partial charge in [-0.25, -0.2) is 0 Å². The van der Waals surface area contributed by atoms with Crippen LogP contribution in [0.15, 0.2) is 36.4 Å². The van der Waals surface area contributed by atoms with E-state index in [1.165, 1.54) is 12.1 Å². The van der Waals surface area contributed by atoms with Gasteiger partial charge in [-0.15, -0.1) is 0 Å². The topological polar surface area (TPSA) is 237 Å². The van der Waals surface area contributed by atoms with Gasteiger partial charge < -0.3 is 48.2 Å². The lowest BCUT2D eigenvalue weighted by molar-refractivity contribution is -0.158. The molecule has 0 radical (unpaired) electrons. The van der Waals surface area contributed by atoms with Gasteiger partial charge in [-0.1, -0.05) is 24.3 Å². The van der Waals surface area contributed by atoms with Crippen LogP contribution in [0.5, 0.6) is 11.5 Å². The molecule has 356 valence electrons. The van der Waals surface area contributed by atoms with Gasteiger partial charge in [0.2, 0.25) is 11.4 Å². The van der Waals surface area contributed by atoms with Gasteiger partial charge in [0.15, 0.2) is 0 Å². The third-order valence-corrected chi connectivity index (χ3v) is 14.4. The van der Waals surface area contributed by atoms with Gasteiger partial charge in [-0.3, -0.25) is 38.1 Å². The number of phenolic OH excluding ortho intramolecular Hbond substituents is 2. The summed E-state index contributed by atoms with van der Waals surface area (Å²) in [5.41, 5.74) is -1.15. The number of carboxylic acids is 1. The van der Waals surface area contributed by atoms with Gasteiger partial charge in [0.05, 0.1) is 39.5 Å². The minimum Gasteiger partial charge on any atom is -0.508 e. The zero-order chi connectivity index (χ0) is 47.6. The number of hydrogen-bond acceptors (Lipinski definition) is 16. The molecule has 0 aliphatic heterocycles. The minimum atomic E-state index is -4.26. The molecule has 0 saturated heterocycles. The predicted molar refractivity (Wildman–Crippen MR) is 236 cm³/mol. The number of aromatic hydroxyl groups is 2. The number of carbonyl (C=O) groups is 4. The zero-order valence-corrected chi connectivity index (χ0v) is 40.3. The smallest absolute Gasteiger partial charge is 0.365 e. The molecule has 0 fully saturated rings. The molecule has 0 unspecified atom stereocenters. The van der Waals surface area contributed by atoms with E-state index < -0.39 is 55.7 Å². The summed E-state index contributed by atoms with van der Waals surface area (Å²) in [5.74, 6) is -2.82. The van der Waals surface area contributed by atoms with Crippen molar-refractivity contribution in [1.82, 2.24) is 15.1 Å². The van der Waals surface area contributed by atoms with E-state index in [0.29, 0.717) is 22.3 Å². The van der Waals surface area contributed by atoms with Crippen LogP contribution in [0.2, 0.25) is 0 Å². The minimum absolute atomic E-state index is 0.0289. The lowest BCUT2D eigenvalue weighted by Crippen LogP contribution is -2.41. The fraction of sp³-hybridized carbons (Fsp3) is 0.628. The van der Waals surface area contributed by atoms with Crippen molar-refractivity contribution < 1.29 is 71.2 Å². The molecule has 0 heterocycles. The van der Waals surface area contributed by atoms with Crippen molar-refractivity contribution in [3.63, 3.8) is 0 Å². The molecule has 0 aliphatic carbocycles. The number of esters is 2. The number of amides is 1. The molecule has 18 nitrogen and oxygen atoms in total. The van der Waals surface area contributed by atoms with E-state index in [1.54, 1.807) is 103 Å². The molecule has 0 atom stereocenters. The number of nitrogens with zero attached hydrogens (tertiary/aromatic N) is 2. The lowest BCUT2D eigenvalue weighted by atomic mass is 10.0. The maximum absolute atomic E-state index is 13.9. The van der Waals surface area contributed by atoms with Crippen molar-refractivity contribution in [1.29, 1.82) is 0 Å². The van der Waals surface area contributed by atoms with Crippen molar-refractivity contribution in [3.05, 3.63) is 58.7 Å². The number of nitrogens with one attached hydrogen (secondary N) is 1. The Morgan fingerprint density at radius 2 is 1.00 bits per heavy atom. The summed E-state index contributed by atoms with van der Waals surface area (Å²) in [6.07, 6.45) is 0.0753. The summed E-state index contributed by atoms with van der Waals surface area (Å²) in [5, 5.41) is 33.6. The Morgan fingerprint density at radius 1 is 0.635 bits per heavy atom. The summed E-state index contributed by atoms with van der Waals surface area (Å²) in [6, 6.07) is 9.57. The van der Waals surface area contributed by atoms with Crippen molar-refractivity contribution in [2.24, 2.45) is 0 Å². The van der Waals surface area contributed by atoms with Gasteiger partial charge in [0.1, 0.15) is 22.7 Å². The summed E-state index contributed by atoms with van der Waals surface area (Å²) in [7, 11) is -8.52. The molecule has 0 bridgehead atoms. The summed E-state index contributed by atoms with van der Waals surface area (Å²) >= 11 is 0. The van der Waals surface area contributed by atoms with E-state index in [-0.39, 0.29) is 103 Å². The fourth-order valence-corrected chi connectivity index (χ4v) is 11.2. The molecule has 2 aromatic carbocycles. The average Bonchev–Trinajstić information content (AvgIpc) is 3.15. The standard InChI is InChI=1S/C43H69N3O15P2/c1-11-56-62(54,57-12-2)41(63(55,58-13-3)59-14-4)44-37(49)21-17-31-15-19-35(47)33(25-31)27-45(29-39(52)60-42(5,6)7)23-24-46(30-40(53)61-43(8,9)10)28-34-26-32(16-20-36(34)48)18-22-38(50)51/h15-16,19-20,25-26,41,47-48H,11-14,17-18,21-24,27-30H2,1-10H3,(H,44,49)(H,50,51). The Labute approximate surface area is 372 Å². The van der Waals surface area contributed by atoms with Gasteiger partial charge in [0.25, 0.3) is 0 Å². The van der Waals surface area contributed by atoms with Crippen LogP contribution in [0.4, 0.5) is 0 Å². The van der Waals surface area contributed by atoms with E-state index in [1.807, 2.05) is 0 Å². The number of carbonyl (C=O) groups excluding carboxylic acids is 3. The second-order valence-corrected chi connectivity index (χ2v) is 21.2. The van der Waals surface area contributed by atoms with E-state index in [9.17, 15) is 43.6 Å². The van der Waals surface area contributed by atoms with E-state index in [0.717, 1.165) is 0 Å². The largest absolute Gasteiger partial charge is 0.508 e. The molecule has 0 spiro atoms. The first-order valence-corrected chi connectivity index (χ1v) is 24.4. The van der Waals surface area contributed by atoms with Gasteiger partial charge in [-0.05, 0) is 105 Å². The van der Waals surface area contributed by atoms with Gasteiger partial charge in [0, 0.05) is 50.1 Å². The molecule has 1 amide bonds. The van der Waals surface area contributed by atoms with Crippen molar-refractivity contribution in [2.75, 3.05) is 52.6 Å². The monoisotopic (exact) mass is 929 g/mol. The Kier molecular flexibility index (Phi) is 22.4. The maximum atomic E-state index is 13.9. The molecule has 20 heteroatoms. The molecule has 0 saturated carbocycles. The van der Waals surface area contributed by atoms with Crippen molar-refractivity contribution in [2.45, 2.75) is 125 Å². The van der Waals surface area contributed by atoms with Crippen LogP contribution in [0, 0.1) is 0 Å². The molecule has 63 heavy (non-hydrogen) atoms. The quantitative estimate of drug-likeness (QED) is 0.0498. The molecule has 0 aromatic heterocycles. The van der Waals surface area contributed by atoms with Crippen LogP contribution in [-0.4, -0.2) is 118 Å². The molecule has 0 aliphatic rings. The third-order valence-electron chi connectivity index (χ3n) is 8.75.